The van der Waals surface area contributed by atoms with E-state index in [9.17, 15) is 28.9 Å². The molecule has 0 radical (unpaired) electrons. The predicted octanol–water partition coefficient (Wildman–Crippen LogP) is 2.08. The first-order chi connectivity index (χ1) is 20.1. The van der Waals surface area contributed by atoms with Crippen LogP contribution in [-0.4, -0.2) is 80.9 Å². The topological polar surface area (TPSA) is 173 Å². The molecule has 0 saturated carbocycles. The molecule has 0 spiro atoms. The number of aliphatic hydroxyl groups is 3. The summed E-state index contributed by atoms with van der Waals surface area (Å²) in [5.41, 5.74) is 1.23. The summed E-state index contributed by atoms with van der Waals surface area (Å²) in [7, 11) is 0. The Hall–Kier alpha value is -4.22. The molecule has 1 saturated heterocycles. The first kappa shape index (κ1) is 27.9. The Bertz CT molecular complexity index is 1790. The number of carbonyl (C=O) groups is 1. The number of anilines is 1. The Balaban J connectivity index is 1.35. The van der Waals surface area contributed by atoms with Crippen molar-refractivity contribution in [2.45, 2.75) is 44.3 Å². The lowest BCUT2D eigenvalue weighted by atomic mass is 9.92. The van der Waals surface area contributed by atoms with Gasteiger partial charge in [0.2, 0.25) is 5.91 Å². The second-order valence-electron chi connectivity index (χ2n) is 9.75. The third-order valence-electron chi connectivity index (χ3n) is 6.89. The first-order valence-corrected chi connectivity index (χ1v) is 13.5. The third-order valence-corrected chi connectivity index (χ3v) is 7.83. The van der Waals surface area contributed by atoms with Crippen molar-refractivity contribution in [2.75, 3.05) is 11.9 Å². The number of aryl methyl sites for hydroxylation is 1. The number of ether oxygens (including phenoxy) is 1. The van der Waals surface area contributed by atoms with Crippen LogP contribution in [0.1, 0.15) is 29.9 Å². The minimum Gasteiger partial charge on any atom is -0.394 e. The minimum atomic E-state index is -1.46. The molecule has 2 aromatic carbocycles. The number of aromatic nitrogens is 7. The number of rotatable bonds is 6. The summed E-state index contributed by atoms with van der Waals surface area (Å²) >= 11 is 1.51. The standard InChI is InChI=1S/C26H24F2N8O5S/c1-11(38)31-17-6-13(5-15(27)21(17)28)18-8-35(34-33-18)22-23(39)19(9-37)41-25(24(22)40)26-29-10-30-36(26)14-3-4-16-20(7-14)42-12(2)32-16/h3-8,10,19,22-25,37,39-40H,9H2,1-2H3,(H,31,38)/t19-,22+,23+,24-,25-/m1/s1. The van der Waals surface area contributed by atoms with Gasteiger partial charge in [-0.3, -0.25) is 4.79 Å². The van der Waals surface area contributed by atoms with Crippen LogP contribution in [-0.2, 0) is 9.53 Å². The van der Waals surface area contributed by atoms with Crippen molar-refractivity contribution >= 4 is 33.1 Å². The fourth-order valence-electron chi connectivity index (χ4n) is 5.00. The van der Waals surface area contributed by atoms with Crippen LogP contribution in [0.2, 0.25) is 0 Å². The van der Waals surface area contributed by atoms with Gasteiger partial charge in [-0.1, -0.05) is 5.21 Å². The summed E-state index contributed by atoms with van der Waals surface area (Å²) in [6.45, 7) is 2.47. The van der Waals surface area contributed by atoms with Crippen LogP contribution in [0.4, 0.5) is 14.5 Å². The number of hydrogen-bond acceptors (Lipinski definition) is 11. The van der Waals surface area contributed by atoms with Crippen molar-refractivity contribution in [1.82, 2.24) is 34.7 Å². The molecule has 0 aliphatic carbocycles. The van der Waals surface area contributed by atoms with Crippen molar-refractivity contribution < 1.29 is 33.6 Å². The van der Waals surface area contributed by atoms with Gasteiger partial charge in [0.25, 0.3) is 0 Å². The maximum atomic E-state index is 14.3. The van der Waals surface area contributed by atoms with Gasteiger partial charge in [-0.25, -0.2) is 28.1 Å². The normalized spacial score (nSPS) is 22.5. The van der Waals surface area contributed by atoms with E-state index in [2.05, 4.69) is 30.7 Å². The molecular weight excluding hydrogens is 574 g/mol. The third kappa shape index (κ3) is 4.92. The van der Waals surface area contributed by atoms with Crippen LogP contribution < -0.4 is 5.32 Å². The molecule has 5 aromatic rings. The van der Waals surface area contributed by atoms with Gasteiger partial charge in [0, 0.05) is 12.5 Å². The summed E-state index contributed by atoms with van der Waals surface area (Å²) in [6, 6.07) is 6.39. The summed E-state index contributed by atoms with van der Waals surface area (Å²) in [4.78, 5) is 20.2. The fourth-order valence-corrected chi connectivity index (χ4v) is 5.86. The first-order valence-electron chi connectivity index (χ1n) is 12.7. The van der Waals surface area contributed by atoms with Crippen LogP contribution in [0.3, 0.4) is 0 Å². The van der Waals surface area contributed by atoms with E-state index in [-0.39, 0.29) is 22.8 Å². The monoisotopic (exact) mass is 598 g/mol. The number of nitrogens with zero attached hydrogens (tertiary/aromatic N) is 7. The number of nitrogens with one attached hydrogen (secondary N) is 1. The molecule has 13 nitrogen and oxygen atoms in total. The molecule has 4 N–H and O–H groups in total. The zero-order chi connectivity index (χ0) is 29.7. The van der Waals surface area contributed by atoms with E-state index in [1.165, 1.54) is 34.6 Å². The quantitative estimate of drug-likeness (QED) is 0.227. The number of fused-ring (bicyclic) bond motifs is 1. The lowest BCUT2D eigenvalue weighted by Crippen LogP contribution is -2.53. The predicted molar refractivity (Wildman–Crippen MR) is 145 cm³/mol. The van der Waals surface area contributed by atoms with Crippen molar-refractivity contribution in [2.24, 2.45) is 0 Å². The van der Waals surface area contributed by atoms with E-state index in [4.69, 9.17) is 4.74 Å². The van der Waals surface area contributed by atoms with Crippen molar-refractivity contribution in [3.8, 4) is 16.9 Å². The van der Waals surface area contributed by atoms with Gasteiger partial charge >= 0.3 is 0 Å². The number of benzene rings is 2. The van der Waals surface area contributed by atoms with Gasteiger partial charge in [-0.05, 0) is 37.3 Å². The Morgan fingerprint density at radius 1 is 1.19 bits per heavy atom. The zero-order valence-corrected chi connectivity index (χ0v) is 22.9. The Morgan fingerprint density at radius 3 is 2.76 bits per heavy atom. The highest BCUT2D eigenvalue weighted by Gasteiger charge is 2.48. The Morgan fingerprint density at radius 2 is 2.00 bits per heavy atom. The highest BCUT2D eigenvalue weighted by Crippen LogP contribution is 2.39. The molecule has 5 atom stereocenters. The highest BCUT2D eigenvalue weighted by atomic mass is 32.1. The van der Waals surface area contributed by atoms with Crippen molar-refractivity contribution in [1.29, 1.82) is 0 Å². The summed E-state index contributed by atoms with van der Waals surface area (Å²) in [6.07, 6.45) is -2.60. The molecule has 0 unspecified atom stereocenters. The maximum absolute atomic E-state index is 14.3. The molecule has 1 fully saturated rings. The van der Waals surface area contributed by atoms with Gasteiger partial charge in [-0.15, -0.1) is 16.4 Å². The number of aliphatic hydroxyl groups excluding tert-OH is 3. The number of thiazole rings is 1. The minimum absolute atomic E-state index is 0.0693. The SMILES string of the molecule is CC(=O)Nc1cc(-c2cn([C@H]3[C@@H](O)[C@@H](CO)O[C@@H](c4ncnn4-c4ccc5nc(C)sc5c4)[C@@H]3O)nn2)cc(F)c1F. The molecular formula is C26H24F2N8O5S. The van der Waals surface area contributed by atoms with Crippen LogP contribution in [0.25, 0.3) is 27.2 Å². The van der Waals surface area contributed by atoms with E-state index < -0.39 is 54.6 Å². The van der Waals surface area contributed by atoms with Gasteiger partial charge in [0.05, 0.1) is 39.4 Å². The van der Waals surface area contributed by atoms with Crippen LogP contribution in [0.5, 0.6) is 0 Å². The van der Waals surface area contributed by atoms with E-state index in [1.54, 1.807) is 6.07 Å². The second-order valence-corrected chi connectivity index (χ2v) is 11.0. The molecule has 3 aromatic heterocycles. The lowest BCUT2D eigenvalue weighted by molar-refractivity contribution is -0.210. The molecule has 1 aliphatic heterocycles. The van der Waals surface area contributed by atoms with Crippen molar-refractivity contribution in [3.63, 3.8) is 0 Å². The highest BCUT2D eigenvalue weighted by molar-refractivity contribution is 7.18. The van der Waals surface area contributed by atoms with Gasteiger partial charge in [-0.2, -0.15) is 5.10 Å². The van der Waals surface area contributed by atoms with E-state index in [0.29, 0.717) is 5.69 Å². The number of amides is 1. The molecule has 1 amide bonds. The van der Waals surface area contributed by atoms with Crippen LogP contribution in [0.15, 0.2) is 42.9 Å². The fraction of sp³-hybridized carbons (Fsp3) is 0.308. The smallest absolute Gasteiger partial charge is 0.221 e. The van der Waals surface area contributed by atoms with Crippen LogP contribution in [0, 0.1) is 18.6 Å². The zero-order valence-electron chi connectivity index (χ0n) is 22.1. The van der Waals surface area contributed by atoms with E-state index in [1.807, 2.05) is 19.1 Å². The lowest BCUT2D eigenvalue weighted by Gasteiger charge is -2.41. The van der Waals surface area contributed by atoms with Gasteiger partial charge in [0.15, 0.2) is 17.5 Å². The molecule has 0 bridgehead atoms. The number of halogens is 2. The van der Waals surface area contributed by atoms with E-state index >= 15 is 0 Å². The summed E-state index contributed by atoms with van der Waals surface area (Å²) in [5, 5.41) is 48.0. The van der Waals surface area contributed by atoms with E-state index in [0.717, 1.165) is 32.9 Å². The second kappa shape index (κ2) is 10.9. The largest absolute Gasteiger partial charge is 0.394 e. The average molecular weight is 599 g/mol. The summed E-state index contributed by atoms with van der Waals surface area (Å²) in [5.74, 6) is -2.85. The Labute approximate surface area is 240 Å². The number of carbonyl (C=O) groups excluding carboxylic acids is 1. The van der Waals surface area contributed by atoms with Gasteiger partial charge in [0.1, 0.15) is 42.5 Å². The van der Waals surface area contributed by atoms with Gasteiger partial charge < -0.3 is 25.4 Å². The average Bonchev–Trinajstić information content (AvgIpc) is 3.70. The molecule has 1 aliphatic rings. The molecule has 4 heterocycles. The molecule has 42 heavy (non-hydrogen) atoms. The Kier molecular flexibility index (Phi) is 7.24. The molecule has 16 heteroatoms. The molecule has 6 rings (SSSR count). The number of hydrogen-bond donors (Lipinski definition) is 4. The van der Waals surface area contributed by atoms with Crippen LogP contribution >= 0.6 is 11.3 Å². The summed E-state index contributed by atoms with van der Waals surface area (Å²) < 4.78 is 38.0. The molecule has 218 valence electrons. The van der Waals surface area contributed by atoms with Crippen molar-refractivity contribution in [3.05, 3.63) is 65.3 Å². The maximum Gasteiger partial charge on any atom is 0.221 e.